The minimum Gasteiger partial charge on any atom is -0.462 e. The van der Waals surface area contributed by atoms with Crippen molar-refractivity contribution in [3.63, 3.8) is 0 Å². The molecule has 0 atom stereocenters. The number of aryl methyl sites for hydroxylation is 1. The Labute approximate surface area is 148 Å². The lowest BCUT2D eigenvalue weighted by atomic mass is 10.1. The van der Waals surface area contributed by atoms with Crippen molar-refractivity contribution in [2.45, 2.75) is 46.6 Å². The number of nitrogens with one attached hydrogen (secondary N) is 1. The van der Waals surface area contributed by atoms with Crippen molar-refractivity contribution in [2.75, 3.05) is 6.61 Å². The molecule has 0 aliphatic rings. The second kappa shape index (κ2) is 7.55. The fourth-order valence-corrected chi connectivity index (χ4v) is 2.60. The number of carbonyl (C=O) groups excluding carboxylic acids is 2. The highest BCUT2D eigenvalue weighted by Gasteiger charge is 2.23. The van der Waals surface area contributed by atoms with Gasteiger partial charge in [-0.05, 0) is 57.9 Å². The van der Waals surface area contributed by atoms with Crippen LogP contribution in [0.1, 0.15) is 58.4 Å². The van der Waals surface area contributed by atoms with E-state index in [0.29, 0.717) is 17.7 Å². The van der Waals surface area contributed by atoms with Crippen molar-refractivity contribution in [3.8, 4) is 0 Å². The van der Waals surface area contributed by atoms with Crippen LogP contribution in [0, 0.1) is 13.8 Å². The summed E-state index contributed by atoms with van der Waals surface area (Å²) < 4.78 is 10.7. The first kappa shape index (κ1) is 18.8. The van der Waals surface area contributed by atoms with Gasteiger partial charge in [0, 0.05) is 12.1 Å². The minimum absolute atomic E-state index is 0.251. The van der Waals surface area contributed by atoms with Gasteiger partial charge in [0.2, 0.25) is 0 Å². The molecule has 5 nitrogen and oxygen atoms in total. The molecule has 0 fully saturated rings. The standard InChI is InChI=1S/C20H25NO4/c1-13-16(11-12-24-18(22)15-9-7-6-8-10-15)14(2)21-17(13)19(23)25-20(3,4)5/h6-10,21H,11-12H2,1-5H3. The van der Waals surface area contributed by atoms with Gasteiger partial charge in [-0.2, -0.15) is 0 Å². The van der Waals surface area contributed by atoms with Crippen molar-refractivity contribution in [2.24, 2.45) is 0 Å². The fourth-order valence-electron chi connectivity index (χ4n) is 2.60. The molecule has 0 saturated heterocycles. The molecule has 0 aliphatic heterocycles. The van der Waals surface area contributed by atoms with Gasteiger partial charge in [0.15, 0.2) is 0 Å². The summed E-state index contributed by atoms with van der Waals surface area (Å²) in [5.41, 5.74) is 3.13. The van der Waals surface area contributed by atoms with Crippen molar-refractivity contribution in [1.82, 2.24) is 4.98 Å². The molecule has 0 unspecified atom stereocenters. The maximum atomic E-state index is 12.3. The Kier molecular flexibility index (Phi) is 5.67. The van der Waals surface area contributed by atoms with Crippen molar-refractivity contribution >= 4 is 11.9 Å². The van der Waals surface area contributed by atoms with Crippen LogP contribution in [-0.4, -0.2) is 29.1 Å². The summed E-state index contributed by atoms with van der Waals surface area (Å²) in [6, 6.07) is 8.88. The molecule has 0 saturated carbocycles. The van der Waals surface area contributed by atoms with Gasteiger partial charge >= 0.3 is 11.9 Å². The molecule has 0 aliphatic carbocycles. The first-order valence-corrected chi connectivity index (χ1v) is 8.32. The average molecular weight is 343 g/mol. The minimum atomic E-state index is -0.548. The molecule has 0 bridgehead atoms. The van der Waals surface area contributed by atoms with Crippen molar-refractivity contribution in [3.05, 3.63) is 58.4 Å². The Hall–Kier alpha value is -2.56. The van der Waals surface area contributed by atoms with E-state index in [2.05, 4.69) is 4.98 Å². The Morgan fingerprint density at radius 1 is 1.04 bits per heavy atom. The first-order chi connectivity index (χ1) is 11.7. The van der Waals surface area contributed by atoms with E-state index in [1.54, 1.807) is 24.3 Å². The predicted octanol–water partition coefficient (Wildman–Crippen LogP) is 3.99. The molecule has 0 spiro atoms. The van der Waals surface area contributed by atoms with E-state index >= 15 is 0 Å². The fraction of sp³-hybridized carbons (Fsp3) is 0.400. The highest BCUT2D eigenvalue weighted by atomic mass is 16.6. The third-order valence-electron chi connectivity index (χ3n) is 3.79. The zero-order chi connectivity index (χ0) is 18.6. The molecule has 134 valence electrons. The number of hydrogen-bond donors (Lipinski definition) is 1. The zero-order valence-electron chi connectivity index (χ0n) is 15.4. The van der Waals surface area contributed by atoms with Gasteiger partial charge in [-0.15, -0.1) is 0 Å². The van der Waals surface area contributed by atoms with E-state index in [0.717, 1.165) is 16.8 Å². The number of carbonyl (C=O) groups is 2. The van der Waals surface area contributed by atoms with Crippen LogP contribution >= 0.6 is 0 Å². The van der Waals surface area contributed by atoms with E-state index in [9.17, 15) is 9.59 Å². The van der Waals surface area contributed by atoms with Gasteiger partial charge in [-0.1, -0.05) is 18.2 Å². The Bertz CT molecular complexity index is 754. The maximum Gasteiger partial charge on any atom is 0.355 e. The summed E-state index contributed by atoms with van der Waals surface area (Å²) in [6.45, 7) is 9.52. The third-order valence-corrected chi connectivity index (χ3v) is 3.79. The van der Waals surface area contributed by atoms with Gasteiger partial charge in [-0.3, -0.25) is 0 Å². The summed E-state index contributed by atoms with van der Waals surface area (Å²) >= 11 is 0. The lowest BCUT2D eigenvalue weighted by Crippen LogP contribution is -2.24. The van der Waals surface area contributed by atoms with E-state index < -0.39 is 5.60 Å². The van der Waals surface area contributed by atoms with Crippen molar-refractivity contribution < 1.29 is 19.1 Å². The van der Waals surface area contributed by atoms with E-state index in [1.165, 1.54) is 0 Å². The van der Waals surface area contributed by atoms with Crippen LogP contribution in [0.3, 0.4) is 0 Å². The summed E-state index contributed by atoms with van der Waals surface area (Å²) in [4.78, 5) is 27.3. The number of esters is 2. The number of rotatable bonds is 5. The van der Waals surface area contributed by atoms with Gasteiger partial charge in [0.05, 0.1) is 12.2 Å². The quantitative estimate of drug-likeness (QED) is 0.834. The second-order valence-corrected chi connectivity index (χ2v) is 6.98. The number of benzene rings is 1. The number of aromatic nitrogens is 1. The van der Waals surface area contributed by atoms with Gasteiger partial charge in [0.1, 0.15) is 11.3 Å². The largest absolute Gasteiger partial charge is 0.462 e. The number of hydrogen-bond acceptors (Lipinski definition) is 4. The van der Waals surface area contributed by atoms with Crippen LogP contribution in [0.25, 0.3) is 0 Å². The number of aromatic amines is 1. The molecule has 1 aromatic carbocycles. The normalized spacial score (nSPS) is 11.2. The summed E-state index contributed by atoms with van der Waals surface area (Å²) in [6.07, 6.45) is 0.537. The van der Waals surface area contributed by atoms with Gasteiger partial charge < -0.3 is 14.5 Å². The number of H-pyrrole nitrogens is 1. The molecule has 2 rings (SSSR count). The predicted molar refractivity (Wildman–Crippen MR) is 95.9 cm³/mol. The molecule has 0 radical (unpaired) electrons. The van der Waals surface area contributed by atoms with Gasteiger partial charge in [-0.25, -0.2) is 9.59 Å². The maximum absolute atomic E-state index is 12.3. The SMILES string of the molecule is Cc1[nH]c(C(=O)OC(C)(C)C)c(C)c1CCOC(=O)c1ccccc1. The molecule has 1 aromatic heterocycles. The lowest BCUT2D eigenvalue weighted by molar-refractivity contribution is 0.00622. The molecule has 2 aromatic rings. The van der Waals surface area contributed by atoms with Crippen LogP contribution in [0.15, 0.2) is 30.3 Å². The molecule has 25 heavy (non-hydrogen) atoms. The molecular formula is C20H25NO4. The monoisotopic (exact) mass is 343 g/mol. The molecule has 1 N–H and O–H groups in total. The molecule has 5 heteroatoms. The van der Waals surface area contributed by atoms with E-state index in [1.807, 2.05) is 40.7 Å². The van der Waals surface area contributed by atoms with E-state index in [-0.39, 0.29) is 18.5 Å². The van der Waals surface area contributed by atoms with Crippen LogP contribution in [-0.2, 0) is 15.9 Å². The lowest BCUT2D eigenvalue weighted by Gasteiger charge is -2.19. The third kappa shape index (κ3) is 4.95. The Balaban J connectivity index is 2.01. The highest BCUT2D eigenvalue weighted by Crippen LogP contribution is 2.21. The summed E-state index contributed by atoms with van der Waals surface area (Å²) in [5.74, 6) is -0.723. The van der Waals surface area contributed by atoms with Crippen LogP contribution in [0.5, 0.6) is 0 Å². The molecular weight excluding hydrogens is 318 g/mol. The second-order valence-electron chi connectivity index (χ2n) is 6.98. The smallest absolute Gasteiger partial charge is 0.355 e. The van der Waals surface area contributed by atoms with Crippen molar-refractivity contribution in [1.29, 1.82) is 0 Å². The topological polar surface area (TPSA) is 68.4 Å². The highest BCUT2D eigenvalue weighted by molar-refractivity contribution is 5.90. The van der Waals surface area contributed by atoms with Crippen LogP contribution in [0.2, 0.25) is 0 Å². The Morgan fingerprint density at radius 3 is 2.28 bits per heavy atom. The summed E-state index contributed by atoms with van der Waals surface area (Å²) in [5, 5.41) is 0. The van der Waals surface area contributed by atoms with Gasteiger partial charge in [0.25, 0.3) is 0 Å². The number of ether oxygens (including phenoxy) is 2. The Morgan fingerprint density at radius 2 is 1.68 bits per heavy atom. The molecule has 0 amide bonds. The van der Waals surface area contributed by atoms with E-state index in [4.69, 9.17) is 9.47 Å². The zero-order valence-corrected chi connectivity index (χ0v) is 15.4. The van der Waals surface area contributed by atoms with Crippen LogP contribution in [0.4, 0.5) is 0 Å². The average Bonchev–Trinajstić information content (AvgIpc) is 2.82. The first-order valence-electron chi connectivity index (χ1n) is 8.32. The summed E-state index contributed by atoms with van der Waals surface area (Å²) in [7, 11) is 0. The van der Waals surface area contributed by atoms with Crippen LogP contribution < -0.4 is 0 Å². The molecule has 1 heterocycles.